The number of anilines is 1. The zero-order chi connectivity index (χ0) is 19.5. The van der Waals surface area contributed by atoms with Crippen LogP contribution in [-0.4, -0.2) is 17.0 Å². The van der Waals surface area contributed by atoms with Gasteiger partial charge in [-0.2, -0.15) is 0 Å². The van der Waals surface area contributed by atoms with Crippen molar-refractivity contribution in [1.82, 2.24) is 4.98 Å². The molecule has 0 aliphatic carbocycles. The fourth-order valence-corrected chi connectivity index (χ4v) is 2.72. The number of aromatic nitrogens is 1. The zero-order valence-electron chi connectivity index (χ0n) is 15.1. The van der Waals surface area contributed by atoms with Gasteiger partial charge in [0.2, 0.25) is 5.89 Å². The first kappa shape index (κ1) is 17.7. The summed E-state index contributed by atoms with van der Waals surface area (Å²) in [6.45, 7) is 1.68. The molecule has 0 unspecified atom stereocenters. The summed E-state index contributed by atoms with van der Waals surface area (Å²) in [6.07, 6.45) is -0.664. The molecule has 0 spiro atoms. The van der Waals surface area contributed by atoms with Crippen molar-refractivity contribution in [3.8, 4) is 17.2 Å². The van der Waals surface area contributed by atoms with Crippen molar-refractivity contribution < 1.29 is 18.3 Å². The van der Waals surface area contributed by atoms with Crippen LogP contribution in [0.1, 0.15) is 6.92 Å². The molecule has 0 saturated heterocycles. The van der Waals surface area contributed by atoms with Crippen LogP contribution in [-0.2, 0) is 4.79 Å². The van der Waals surface area contributed by atoms with Crippen molar-refractivity contribution in [1.29, 1.82) is 0 Å². The number of nitrogens with zero attached hydrogens (tertiary/aromatic N) is 1. The van der Waals surface area contributed by atoms with Crippen LogP contribution in [0.15, 0.2) is 77.2 Å². The number of nitrogens with one attached hydrogen (secondary N) is 1. The Balaban J connectivity index is 1.49. The normalized spacial score (nSPS) is 11.9. The lowest BCUT2D eigenvalue weighted by molar-refractivity contribution is -0.122. The number of carbonyl (C=O) groups is 1. The van der Waals surface area contributed by atoms with E-state index in [2.05, 4.69) is 10.3 Å². The fourth-order valence-electron chi connectivity index (χ4n) is 2.72. The second kappa shape index (κ2) is 7.52. The van der Waals surface area contributed by atoms with E-state index < -0.39 is 6.10 Å². The fraction of sp³-hybridized carbons (Fsp3) is 0.0909. The third-order valence-electron chi connectivity index (χ3n) is 4.17. The first-order chi connectivity index (χ1) is 13.6. The molecule has 1 aromatic heterocycles. The number of hydrogen-bond acceptors (Lipinski definition) is 4. The summed E-state index contributed by atoms with van der Waals surface area (Å²) in [7, 11) is 0. The predicted octanol–water partition coefficient (Wildman–Crippen LogP) is 5.04. The molecule has 0 bridgehead atoms. The van der Waals surface area contributed by atoms with Crippen LogP contribution in [0.4, 0.5) is 10.1 Å². The van der Waals surface area contributed by atoms with Crippen LogP contribution in [0, 0.1) is 5.82 Å². The van der Waals surface area contributed by atoms with Crippen molar-refractivity contribution in [2.75, 3.05) is 5.32 Å². The quantitative estimate of drug-likeness (QED) is 0.530. The number of amides is 1. The van der Waals surface area contributed by atoms with Crippen molar-refractivity contribution in [2.45, 2.75) is 13.0 Å². The van der Waals surface area contributed by atoms with Crippen LogP contribution in [0.3, 0.4) is 0 Å². The molecular formula is C22H17FN2O3. The van der Waals surface area contributed by atoms with E-state index in [4.69, 9.17) is 9.15 Å². The molecule has 0 aliphatic rings. The first-order valence-corrected chi connectivity index (χ1v) is 8.77. The van der Waals surface area contributed by atoms with E-state index in [-0.39, 0.29) is 11.7 Å². The Morgan fingerprint density at radius 3 is 2.57 bits per heavy atom. The second-order valence-electron chi connectivity index (χ2n) is 6.27. The van der Waals surface area contributed by atoms with Crippen molar-refractivity contribution >= 4 is 22.7 Å². The van der Waals surface area contributed by atoms with E-state index in [1.807, 2.05) is 18.2 Å². The molecule has 4 aromatic rings. The number of carbonyl (C=O) groups excluding carboxylic acids is 1. The Hall–Kier alpha value is -3.67. The minimum atomic E-state index is -0.664. The summed E-state index contributed by atoms with van der Waals surface area (Å²) < 4.78 is 24.5. The number of hydrogen-bond donors (Lipinski definition) is 1. The van der Waals surface area contributed by atoms with Gasteiger partial charge in [-0.3, -0.25) is 4.79 Å². The molecule has 0 fully saturated rings. The van der Waals surface area contributed by atoms with E-state index >= 15 is 0 Å². The average molecular weight is 376 g/mol. The van der Waals surface area contributed by atoms with Gasteiger partial charge in [-0.1, -0.05) is 18.2 Å². The van der Waals surface area contributed by atoms with Gasteiger partial charge in [0.05, 0.1) is 0 Å². The Labute approximate surface area is 160 Å². The van der Waals surface area contributed by atoms with Gasteiger partial charge >= 0.3 is 0 Å². The van der Waals surface area contributed by atoms with Gasteiger partial charge in [-0.15, -0.1) is 0 Å². The molecule has 1 amide bonds. The third-order valence-corrected chi connectivity index (χ3v) is 4.17. The van der Waals surface area contributed by atoms with Crippen LogP contribution < -0.4 is 10.1 Å². The smallest absolute Gasteiger partial charge is 0.265 e. The molecule has 4 rings (SSSR count). The molecule has 0 aliphatic heterocycles. The Kier molecular flexibility index (Phi) is 4.76. The monoisotopic (exact) mass is 376 g/mol. The van der Waals surface area contributed by atoms with E-state index in [9.17, 15) is 9.18 Å². The minimum Gasteiger partial charge on any atom is -0.481 e. The molecule has 1 N–H and O–H groups in total. The SMILES string of the molecule is C[C@@H](Oc1ccccc1)C(=O)Nc1ccc2nc(-c3ccc(F)cc3)oc2c1. The van der Waals surface area contributed by atoms with Crippen LogP contribution >= 0.6 is 0 Å². The number of fused-ring (bicyclic) bond motifs is 1. The highest BCUT2D eigenvalue weighted by Crippen LogP contribution is 2.26. The van der Waals surface area contributed by atoms with Crippen LogP contribution in [0.25, 0.3) is 22.6 Å². The molecule has 6 heteroatoms. The maximum Gasteiger partial charge on any atom is 0.265 e. The molecule has 140 valence electrons. The maximum absolute atomic E-state index is 13.1. The molecule has 1 atom stereocenters. The average Bonchev–Trinajstić information content (AvgIpc) is 3.12. The van der Waals surface area contributed by atoms with Crippen molar-refractivity contribution in [3.05, 3.63) is 78.6 Å². The topological polar surface area (TPSA) is 64.4 Å². The number of para-hydroxylation sites is 1. The molecule has 3 aromatic carbocycles. The minimum absolute atomic E-state index is 0.276. The predicted molar refractivity (Wildman–Crippen MR) is 105 cm³/mol. The maximum atomic E-state index is 13.1. The molecule has 1 heterocycles. The molecule has 28 heavy (non-hydrogen) atoms. The number of oxazole rings is 1. The van der Waals surface area contributed by atoms with Gasteiger partial charge < -0.3 is 14.5 Å². The van der Waals surface area contributed by atoms with E-state index in [1.54, 1.807) is 49.4 Å². The van der Waals surface area contributed by atoms with E-state index in [0.717, 1.165) is 0 Å². The lowest BCUT2D eigenvalue weighted by Crippen LogP contribution is -2.30. The summed E-state index contributed by atoms with van der Waals surface area (Å²) in [5.41, 5.74) is 2.41. The Bertz CT molecular complexity index is 1110. The molecule has 0 saturated carbocycles. The highest BCUT2D eigenvalue weighted by Gasteiger charge is 2.16. The number of ether oxygens (including phenoxy) is 1. The standard InChI is InChI=1S/C22H17FN2O3/c1-14(27-18-5-3-2-4-6-18)21(26)24-17-11-12-19-20(13-17)28-22(25-19)15-7-9-16(23)10-8-15/h2-14H,1H3,(H,24,26)/t14-/m1/s1. The summed E-state index contributed by atoms with van der Waals surface area (Å²) >= 11 is 0. The summed E-state index contributed by atoms with van der Waals surface area (Å²) in [6, 6.07) is 20.3. The van der Waals surface area contributed by atoms with Crippen molar-refractivity contribution in [2.24, 2.45) is 0 Å². The lowest BCUT2D eigenvalue weighted by atomic mass is 10.2. The van der Waals surface area contributed by atoms with Gasteiger partial charge in [-0.05, 0) is 55.5 Å². The Morgan fingerprint density at radius 2 is 1.82 bits per heavy atom. The van der Waals surface area contributed by atoms with Crippen LogP contribution in [0.5, 0.6) is 5.75 Å². The van der Waals surface area contributed by atoms with Gasteiger partial charge in [0, 0.05) is 17.3 Å². The van der Waals surface area contributed by atoms with E-state index in [1.165, 1.54) is 12.1 Å². The van der Waals surface area contributed by atoms with Gasteiger partial charge in [-0.25, -0.2) is 9.37 Å². The molecule has 5 nitrogen and oxygen atoms in total. The van der Waals surface area contributed by atoms with E-state index in [0.29, 0.717) is 34.0 Å². The second-order valence-corrected chi connectivity index (χ2v) is 6.27. The largest absolute Gasteiger partial charge is 0.481 e. The van der Waals surface area contributed by atoms with Gasteiger partial charge in [0.25, 0.3) is 5.91 Å². The summed E-state index contributed by atoms with van der Waals surface area (Å²) in [5.74, 6) is 0.414. The van der Waals surface area contributed by atoms with Gasteiger partial charge in [0.15, 0.2) is 11.7 Å². The first-order valence-electron chi connectivity index (χ1n) is 8.77. The van der Waals surface area contributed by atoms with Crippen LogP contribution in [0.2, 0.25) is 0 Å². The highest BCUT2D eigenvalue weighted by atomic mass is 19.1. The Morgan fingerprint density at radius 1 is 1.07 bits per heavy atom. The molecular weight excluding hydrogens is 359 g/mol. The molecule has 0 radical (unpaired) electrons. The third kappa shape index (κ3) is 3.86. The van der Waals surface area contributed by atoms with Gasteiger partial charge in [0.1, 0.15) is 17.1 Å². The number of halogens is 1. The highest BCUT2D eigenvalue weighted by molar-refractivity contribution is 5.95. The zero-order valence-corrected chi connectivity index (χ0v) is 15.1. The lowest BCUT2D eigenvalue weighted by Gasteiger charge is -2.14. The summed E-state index contributed by atoms with van der Waals surface area (Å²) in [5, 5.41) is 2.81. The summed E-state index contributed by atoms with van der Waals surface area (Å²) in [4.78, 5) is 16.8. The van der Waals surface area contributed by atoms with Crippen molar-refractivity contribution in [3.63, 3.8) is 0 Å². The number of benzene rings is 3. The number of rotatable bonds is 5.